The Hall–Kier alpha value is -1.31. The van der Waals surface area contributed by atoms with E-state index in [1.165, 1.54) is 0 Å². The summed E-state index contributed by atoms with van der Waals surface area (Å²) in [6, 6.07) is 5.80. The van der Waals surface area contributed by atoms with E-state index in [4.69, 9.17) is 4.74 Å². The van der Waals surface area contributed by atoms with Crippen LogP contribution in [0, 0.1) is 6.92 Å². The third-order valence-electron chi connectivity index (χ3n) is 1.50. The second-order valence-corrected chi connectivity index (χ2v) is 2.33. The molecule has 0 aromatic heterocycles. The second-order valence-electron chi connectivity index (χ2n) is 2.33. The predicted octanol–water partition coefficient (Wildman–Crippen LogP) is 2.34. The molecule has 2 nitrogen and oxygen atoms in total. The molecule has 0 heterocycles. The van der Waals surface area contributed by atoms with Crippen LogP contribution in [-0.2, 0) is 0 Å². The summed E-state index contributed by atoms with van der Waals surface area (Å²) in [5.74, 6) is 0.769. The molecule has 0 bridgehead atoms. The predicted molar refractivity (Wildman–Crippen MR) is 46.9 cm³/mol. The molecule has 0 unspecified atom stereocenters. The van der Waals surface area contributed by atoms with Crippen molar-refractivity contribution in [1.29, 1.82) is 0 Å². The summed E-state index contributed by atoms with van der Waals surface area (Å²) in [4.78, 5) is 3.83. The van der Waals surface area contributed by atoms with Gasteiger partial charge in [-0.2, -0.15) is 0 Å². The van der Waals surface area contributed by atoms with E-state index in [1.54, 1.807) is 7.11 Å². The molecule has 0 N–H and O–H groups in total. The number of nitrogens with zero attached hydrogens (tertiary/aromatic N) is 1. The highest BCUT2D eigenvalue weighted by Crippen LogP contribution is 2.27. The number of hydrogen-bond acceptors (Lipinski definition) is 2. The van der Waals surface area contributed by atoms with Crippen molar-refractivity contribution in [1.82, 2.24) is 0 Å². The molecule has 1 aromatic carbocycles. The Morgan fingerprint density at radius 2 is 2.18 bits per heavy atom. The molecule has 11 heavy (non-hydrogen) atoms. The zero-order chi connectivity index (χ0) is 8.27. The van der Waals surface area contributed by atoms with Gasteiger partial charge in [0.05, 0.1) is 7.11 Å². The zero-order valence-corrected chi connectivity index (χ0v) is 6.79. The van der Waals surface area contributed by atoms with Crippen LogP contribution in [0.1, 0.15) is 5.56 Å². The summed E-state index contributed by atoms with van der Waals surface area (Å²) in [7, 11) is 1.62. The van der Waals surface area contributed by atoms with Gasteiger partial charge in [-0.1, -0.05) is 6.07 Å². The van der Waals surface area contributed by atoms with Gasteiger partial charge in [0.25, 0.3) is 0 Å². The first kappa shape index (κ1) is 7.79. The third kappa shape index (κ3) is 1.58. The third-order valence-corrected chi connectivity index (χ3v) is 1.50. The lowest BCUT2D eigenvalue weighted by Gasteiger charge is -2.03. The number of aliphatic imine (C=N–C) groups is 1. The van der Waals surface area contributed by atoms with Gasteiger partial charge in [0.2, 0.25) is 0 Å². The molecule has 0 atom stereocenters. The lowest BCUT2D eigenvalue weighted by Crippen LogP contribution is -1.83. The Kier molecular flexibility index (Phi) is 2.26. The first-order valence-electron chi connectivity index (χ1n) is 3.39. The number of hydrogen-bond donors (Lipinski definition) is 0. The van der Waals surface area contributed by atoms with E-state index in [9.17, 15) is 0 Å². The molecule has 2 heteroatoms. The van der Waals surface area contributed by atoms with Crippen molar-refractivity contribution in [3.63, 3.8) is 0 Å². The van der Waals surface area contributed by atoms with E-state index in [0.717, 1.165) is 17.0 Å². The van der Waals surface area contributed by atoms with Crippen LogP contribution in [0.3, 0.4) is 0 Å². The first-order valence-corrected chi connectivity index (χ1v) is 3.39. The van der Waals surface area contributed by atoms with E-state index in [-0.39, 0.29) is 0 Å². The molecule has 0 saturated heterocycles. The van der Waals surface area contributed by atoms with Crippen LogP contribution in [0.4, 0.5) is 5.69 Å². The van der Waals surface area contributed by atoms with Gasteiger partial charge in [-0.3, -0.25) is 4.99 Å². The van der Waals surface area contributed by atoms with Crippen LogP contribution >= 0.6 is 0 Å². The van der Waals surface area contributed by atoms with Crippen molar-refractivity contribution in [2.24, 2.45) is 4.99 Å². The maximum absolute atomic E-state index is 5.06. The van der Waals surface area contributed by atoms with Crippen molar-refractivity contribution in [2.75, 3.05) is 7.11 Å². The molecule has 58 valence electrons. The summed E-state index contributed by atoms with van der Waals surface area (Å²) in [5, 5.41) is 0. The molecule has 0 amide bonds. The summed E-state index contributed by atoms with van der Waals surface area (Å²) < 4.78 is 5.06. The van der Waals surface area contributed by atoms with E-state index in [1.807, 2.05) is 25.1 Å². The van der Waals surface area contributed by atoms with Gasteiger partial charge in [-0.15, -0.1) is 0 Å². The van der Waals surface area contributed by atoms with E-state index in [2.05, 4.69) is 11.7 Å². The van der Waals surface area contributed by atoms with Crippen molar-refractivity contribution in [3.8, 4) is 5.75 Å². The minimum Gasteiger partial charge on any atom is -0.494 e. The van der Waals surface area contributed by atoms with Crippen LogP contribution in [0.25, 0.3) is 0 Å². The van der Waals surface area contributed by atoms with Crippen molar-refractivity contribution >= 4 is 12.4 Å². The fraction of sp³-hybridized carbons (Fsp3) is 0.222. The van der Waals surface area contributed by atoms with Gasteiger partial charge >= 0.3 is 0 Å². The zero-order valence-electron chi connectivity index (χ0n) is 6.79. The highest BCUT2D eigenvalue weighted by Gasteiger charge is 1.98. The van der Waals surface area contributed by atoms with Gasteiger partial charge in [0.15, 0.2) is 0 Å². The lowest BCUT2D eigenvalue weighted by atomic mass is 10.2. The largest absolute Gasteiger partial charge is 0.494 e. The molecule has 1 rings (SSSR count). The Labute approximate surface area is 66.5 Å². The molecule has 0 spiro atoms. The van der Waals surface area contributed by atoms with Crippen LogP contribution in [0.2, 0.25) is 0 Å². The number of aryl methyl sites for hydroxylation is 1. The highest BCUT2D eigenvalue weighted by atomic mass is 16.5. The molecule has 0 aliphatic heterocycles. The van der Waals surface area contributed by atoms with Crippen molar-refractivity contribution in [3.05, 3.63) is 23.8 Å². The first-order chi connectivity index (χ1) is 5.27. The summed E-state index contributed by atoms with van der Waals surface area (Å²) >= 11 is 0. The van der Waals surface area contributed by atoms with Crippen molar-refractivity contribution in [2.45, 2.75) is 6.92 Å². The van der Waals surface area contributed by atoms with E-state index < -0.39 is 0 Å². The lowest BCUT2D eigenvalue weighted by molar-refractivity contribution is 0.416. The molecule has 0 aliphatic rings. The fourth-order valence-electron chi connectivity index (χ4n) is 0.924. The minimum absolute atomic E-state index is 0.769. The smallest absolute Gasteiger partial charge is 0.144 e. The Morgan fingerprint density at radius 1 is 1.45 bits per heavy atom. The van der Waals surface area contributed by atoms with Gasteiger partial charge in [-0.05, 0) is 31.3 Å². The van der Waals surface area contributed by atoms with Crippen LogP contribution in [0.15, 0.2) is 23.2 Å². The number of rotatable bonds is 2. The summed E-state index contributed by atoms with van der Waals surface area (Å²) in [5.41, 5.74) is 1.96. The number of benzene rings is 1. The van der Waals surface area contributed by atoms with Crippen molar-refractivity contribution < 1.29 is 4.74 Å². The molecule has 0 saturated carbocycles. The Morgan fingerprint density at radius 3 is 2.73 bits per heavy atom. The maximum Gasteiger partial charge on any atom is 0.144 e. The molecule has 0 aliphatic carbocycles. The molecular formula is C9H11NO. The van der Waals surface area contributed by atoms with Gasteiger partial charge in [-0.25, -0.2) is 0 Å². The number of methoxy groups -OCH3 is 1. The maximum atomic E-state index is 5.06. The monoisotopic (exact) mass is 149 g/mol. The summed E-state index contributed by atoms with van der Waals surface area (Å²) in [6.45, 7) is 5.46. The molecule has 1 aromatic rings. The standard InChI is InChI=1S/C9H11NO/c1-7-4-5-9(11-3)8(6-7)10-2/h4-6H,2H2,1,3H3. The Balaban J connectivity index is 3.16. The van der Waals surface area contributed by atoms with E-state index in [0.29, 0.717) is 0 Å². The quantitative estimate of drug-likeness (QED) is 0.591. The highest BCUT2D eigenvalue weighted by molar-refractivity contribution is 5.57. The normalized spacial score (nSPS) is 9.27. The molecule has 0 fully saturated rings. The van der Waals surface area contributed by atoms with Crippen LogP contribution < -0.4 is 4.74 Å². The van der Waals surface area contributed by atoms with E-state index >= 15 is 0 Å². The topological polar surface area (TPSA) is 21.6 Å². The fourth-order valence-corrected chi connectivity index (χ4v) is 0.924. The van der Waals surface area contributed by atoms with Gasteiger partial charge < -0.3 is 4.74 Å². The SMILES string of the molecule is C=Nc1cc(C)ccc1OC. The average molecular weight is 149 g/mol. The summed E-state index contributed by atoms with van der Waals surface area (Å²) in [6.07, 6.45) is 0. The second kappa shape index (κ2) is 3.19. The number of ether oxygens (including phenoxy) is 1. The van der Waals surface area contributed by atoms with Gasteiger partial charge in [0.1, 0.15) is 11.4 Å². The average Bonchev–Trinajstić information content (AvgIpc) is 2.04. The molecule has 0 radical (unpaired) electrons. The molecular weight excluding hydrogens is 138 g/mol. The Bertz CT molecular complexity index is 268. The van der Waals surface area contributed by atoms with Crippen LogP contribution in [0.5, 0.6) is 5.75 Å². The minimum atomic E-state index is 0.769. The van der Waals surface area contributed by atoms with Crippen LogP contribution in [-0.4, -0.2) is 13.8 Å². The van der Waals surface area contributed by atoms with Gasteiger partial charge in [0, 0.05) is 0 Å².